The highest BCUT2D eigenvalue weighted by atomic mass is 35.5. The van der Waals surface area contributed by atoms with Crippen molar-refractivity contribution >= 4 is 24.0 Å². The molecule has 0 aliphatic heterocycles. The van der Waals surface area contributed by atoms with E-state index >= 15 is 0 Å². The number of nitrogens with one attached hydrogen (secondary N) is 1. The fourth-order valence-electron chi connectivity index (χ4n) is 2.46. The van der Waals surface area contributed by atoms with E-state index in [9.17, 15) is 4.79 Å². The van der Waals surface area contributed by atoms with Crippen molar-refractivity contribution in [3.63, 3.8) is 0 Å². The molecule has 0 heterocycles. The number of nitrogens with two attached hydrogens (primary N) is 1. The monoisotopic (exact) mass is 313 g/mol. The maximum atomic E-state index is 12.1. The Balaban J connectivity index is 0.00000220. The van der Waals surface area contributed by atoms with Crippen LogP contribution in [0.15, 0.2) is 24.3 Å². The van der Waals surface area contributed by atoms with Gasteiger partial charge in [0.2, 0.25) is 5.91 Å². The first-order valence-electron chi connectivity index (χ1n) is 6.98. The summed E-state index contributed by atoms with van der Waals surface area (Å²) in [6.45, 7) is 0.961. The summed E-state index contributed by atoms with van der Waals surface area (Å²) in [6, 6.07) is 7.66. The lowest BCUT2D eigenvalue weighted by atomic mass is 10.1. The van der Waals surface area contributed by atoms with Gasteiger partial charge >= 0.3 is 0 Å². The third-order valence-electron chi connectivity index (χ3n) is 3.72. The van der Waals surface area contributed by atoms with Crippen LogP contribution in [-0.4, -0.2) is 44.1 Å². The average molecular weight is 314 g/mol. The fraction of sp³-hybridized carbons (Fsp3) is 0.533. The van der Waals surface area contributed by atoms with Crippen molar-refractivity contribution in [1.82, 2.24) is 4.90 Å². The highest BCUT2D eigenvalue weighted by molar-refractivity contribution is 5.92. The van der Waals surface area contributed by atoms with Crippen molar-refractivity contribution in [2.45, 2.75) is 18.9 Å². The van der Waals surface area contributed by atoms with Crippen LogP contribution in [-0.2, 0) is 4.79 Å². The average Bonchev–Trinajstić information content (AvgIpc) is 3.24. The molecule has 0 bridgehead atoms. The Morgan fingerprint density at radius 2 is 2.24 bits per heavy atom. The van der Waals surface area contributed by atoms with Crippen molar-refractivity contribution in [1.29, 1.82) is 0 Å². The van der Waals surface area contributed by atoms with Gasteiger partial charge in [-0.2, -0.15) is 0 Å². The minimum atomic E-state index is -0.0279. The van der Waals surface area contributed by atoms with Gasteiger partial charge in [0.15, 0.2) is 0 Å². The minimum absolute atomic E-state index is 0. The van der Waals surface area contributed by atoms with Gasteiger partial charge in [0, 0.05) is 24.3 Å². The second kappa shape index (κ2) is 8.22. The summed E-state index contributed by atoms with van der Waals surface area (Å²) < 4.78 is 5.13. The van der Waals surface area contributed by atoms with Crippen molar-refractivity contribution in [3.05, 3.63) is 24.3 Å². The van der Waals surface area contributed by atoms with Gasteiger partial charge in [-0.3, -0.25) is 9.69 Å². The molecule has 21 heavy (non-hydrogen) atoms. The maximum absolute atomic E-state index is 12.1. The summed E-state index contributed by atoms with van der Waals surface area (Å²) in [5.41, 5.74) is 6.54. The molecule has 1 aliphatic carbocycles. The van der Waals surface area contributed by atoms with Crippen molar-refractivity contribution in [2.75, 3.05) is 32.6 Å². The van der Waals surface area contributed by atoms with Crippen molar-refractivity contribution in [3.8, 4) is 5.75 Å². The predicted molar refractivity (Wildman–Crippen MR) is 87.1 cm³/mol. The number of anilines is 1. The number of carbonyl (C=O) groups excluding carboxylic acids is 1. The van der Waals surface area contributed by atoms with Crippen LogP contribution in [0.5, 0.6) is 5.75 Å². The molecule has 118 valence electrons. The third kappa shape index (κ3) is 5.19. The number of hydrogen-bond acceptors (Lipinski definition) is 4. The Hall–Kier alpha value is -1.30. The van der Waals surface area contributed by atoms with E-state index in [4.69, 9.17) is 10.5 Å². The van der Waals surface area contributed by atoms with Gasteiger partial charge in [-0.1, -0.05) is 6.07 Å². The Bertz CT molecular complexity index is 466. The Kier molecular flexibility index (Phi) is 6.95. The van der Waals surface area contributed by atoms with Gasteiger partial charge in [0.05, 0.1) is 13.7 Å². The third-order valence-corrected chi connectivity index (χ3v) is 3.72. The molecule has 0 saturated heterocycles. The maximum Gasteiger partial charge on any atom is 0.238 e. The highest BCUT2D eigenvalue weighted by Crippen LogP contribution is 2.34. The summed E-state index contributed by atoms with van der Waals surface area (Å²) in [6.07, 6.45) is 2.45. The number of rotatable bonds is 7. The van der Waals surface area contributed by atoms with E-state index in [1.165, 1.54) is 12.8 Å². The highest BCUT2D eigenvalue weighted by Gasteiger charge is 2.33. The van der Waals surface area contributed by atoms with Crippen LogP contribution in [0.25, 0.3) is 0 Å². The first-order valence-corrected chi connectivity index (χ1v) is 6.98. The molecule has 1 fully saturated rings. The van der Waals surface area contributed by atoms with Gasteiger partial charge in [0.1, 0.15) is 5.75 Å². The molecule has 6 heteroatoms. The fourth-order valence-corrected chi connectivity index (χ4v) is 2.46. The number of carbonyl (C=O) groups is 1. The first kappa shape index (κ1) is 17.8. The topological polar surface area (TPSA) is 67.6 Å². The molecule has 2 rings (SSSR count). The van der Waals surface area contributed by atoms with E-state index in [-0.39, 0.29) is 18.3 Å². The minimum Gasteiger partial charge on any atom is -0.497 e. The second-order valence-electron chi connectivity index (χ2n) is 5.34. The lowest BCUT2D eigenvalue weighted by Crippen LogP contribution is -2.43. The van der Waals surface area contributed by atoms with E-state index in [1.54, 1.807) is 13.2 Å². The van der Waals surface area contributed by atoms with Crippen molar-refractivity contribution in [2.24, 2.45) is 11.7 Å². The number of benzene rings is 1. The molecule has 0 aromatic heterocycles. The number of nitrogens with zero attached hydrogens (tertiary/aromatic N) is 1. The molecular formula is C15H24ClN3O2. The molecule has 1 amide bonds. The molecule has 0 radical (unpaired) electrons. The van der Waals surface area contributed by atoms with Gasteiger partial charge in [-0.15, -0.1) is 12.4 Å². The Morgan fingerprint density at radius 3 is 2.81 bits per heavy atom. The lowest BCUT2D eigenvalue weighted by molar-refractivity contribution is -0.117. The van der Waals surface area contributed by atoms with E-state index in [0.29, 0.717) is 25.0 Å². The molecule has 1 aromatic rings. The lowest BCUT2D eigenvalue weighted by Gasteiger charge is -2.26. The summed E-state index contributed by atoms with van der Waals surface area (Å²) in [4.78, 5) is 14.1. The van der Waals surface area contributed by atoms with Crippen LogP contribution in [0.1, 0.15) is 12.8 Å². The molecule has 1 aromatic carbocycles. The van der Waals surface area contributed by atoms with E-state index in [0.717, 1.165) is 11.4 Å². The number of hydrogen-bond donors (Lipinski definition) is 2. The zero-order valence-electron chi connectivity index (χ0n) is 12.5. The zero-order chi connectivity index (χ0) is 14.5. The number of amides is 1. The normalized spacial score (nSPS) is 15.2. The Labute approximate surface area is 132 Å². The summed E-state index contributed by atoms with van der Waals surface area (Å²) >= 11 is 0. The van der Waals surface area contributed by atoms with Crippen LogP contribution in [0.4, 0.5) is 5.69 Å². The first-order chi connectivity index (χ1) is 9.63. The smallest absolute Gasteiger partial charge is 0.238 e. The number of likely N-dealkylation sites (N-methyl/N-ethyl adjacent to an activating group) is 1. The van der Waals surface area contributed by atoms with E-state index < -0.39 is 0 Å². The van der Waals surface area contributed by atoms with Crippen LogP contribution >= 0.6 is 12.4 Å². The van der Waals surface area contributed by atoms with Crippen LogP contribution in [0.3, 0.4) is 0 Å². The SMILES string of the molecule is COc1cccc(NC(=O)CN(C)C(CN)C2CC2)c1.Cl. The standard InChI is InChI=1S/C15H23N3O2.ClH/c1-18(14(9-16)11-6-7-11)10-15(19)17-12-4-3-5-13(8-12)20-2;/h3-5,8,11,14H,6-7,9-10,16H2,1-2H3,(H,17,19);1H. The molecule has 0 spiro atoms. The van der Waals surface area contributed by atoms with E-state index in [1.807, 2.05) is 30.1 Å². The van der Waals surface area contributed by atoms with Crippen LogP contribution < -0.4 is 15.8 Å². The van der Waals surface area contributed by atoms with Gasteiger partial charge < -0.3 is 15.8 Å². The summed E-state index contributed by atoms with van der Waals surface area (Å²) in [7, 11) is 3.57. The summed E-state index contributed by atoms with van der Waals surface area (Å²) in [5.74, 6) is 1.36. The molecule has 1 atom stereocenters. The van der Waals surface area contributed by atoms with Crippen molar-refractivity contribution < 1.29 is 9.53 Å². The van der Waals surface area contributed by atoms with Crippen LogP contribution in [0.2, 0.25) is 0 Å². The quantitative estimate of drug-likeness (QED) is 0.804. The largest absolute Gasteiger partial charge is 0.497 e. The number of methoxy groups -OCH3 is 1. The second-order valence-corrected chi connectivity index (χ2v) is 5.34. The predicted octanol–water partition coefficient (Wildman–Crippen LogP) is 1.72. The van der Waals surface area contributed by atoms with Gasteiger partial charge in [-0.25, -0.2) is 0 Å². The molecule has 1 aliphatic rings. The number of ether oxygens (including phenoxy) is 1. The molecular weight excluding hydrogens is 290 g/mol. The number of halogens is 1. The molecule has 1 unspecified atom stereocenters. The van der Waals surface area contributed by atoms with Gasteiger partial charge in [0.25, 0.3) is 0 Å². The van der Waals surface area contributed by atoms with Crippen LogP contribution in [0, 0.1) is 5.92 Å². The van der Waals surface area contributed by atoms with E-state index in [2.05, 4.69) is 5.32 Å². The molecule has 3 N–H and O–H groups in total. The molecule has 5 nitrogen and oxygen atoms in total. The molecule has 1 saturated carbocycles. The van der Waals surface area contributed by atoms with Gasteiger partial charge in [-0.05, 0) is 37.9 Å². The Morgan fingerprint density at radius 1 is 1.52 bits per heavy atom. The zero-order valence-corrected chi connectivity index (χ0v) is 13.4. The summed E-state index contributed by atoms with van der Waals surface area (Å²) in [5, 5.41) is 2.88.